The molecule has 2 aliphatic heterocycles. The van der Waals surface area contributed by atoms with E-state index in [9.17, 15) is 19.5 Å². The fourth-order valence-corrected chi connectivity index (χ4v) is 3.35. The molecular weight excluding hydrogens is 390 g/mol. The van der Waals surface area contributed by atoms with Crippen LogP contribution in [0.2, 0.25) is 0 Å². The molecule has 2 aromatic carbocycles. The average molecular weight is 411 g/mol. The van der Waals surface area contributed by atoms with Crippen molar-refractivity contribution in [3.63, 3.8) is 0 Å². The normalized spacial score (nSPS) is 17.2. The van der Waals surface area contributed by atoms with Crippen molar-refractivity contribution in [1.29, 1.82) is 0 Å². The molecular formula is C21H21N3O6. The first-order valence-corrected chi connectivity index (χ1v) is 9.54. The highest BCUT2D eigenvalue weighted by Gasteiger charge is 2.39. The van der Waals surface area contributed by atoms with Gasteiger partial charge >= 0.3 is 6.03 Å². The number of carbonyl (C=O) groups excluding carboxylic acids is 3. The number of imide groups is 1. The second-order valence-corrected chi connectivity index (χ2v) is 7.08. The number of benzene rings is 2. The van der Waals surface area contributed by atoms with E-state index in [0.717, 1.165) is 16.0 Å². The molecule has 4 amide bonds. The molecule has 1 atom stereocenters. The number of nitrogens with zero attached hydrogens (tertiary/aromatic N) is 1. The van der Waals surface area contributed by atoms with Crippen molar-refractivity contribution in [1.82, 2.24) is 15.5 Å². The van der Waals surface area contributed by atoms with Crippen molar-refractivity contribution < 1.29 is 29.0 Å². The molecule has 3 N–H and O–H groups in total. The summed E-state index contributed by atoms with van der Waals surface area (Å²) in [6.07, 6.45) is 0.463. The molecule has 4 rings (SSSR count). The van der Waals surface area contributed by atoms with Gasteiger partial charge < -0.3 is 25.2 Å². The summed E-state index contributed by atoms with van der Waals surface area (Å²) in [7, 11) is 0. The van der Waals surface area contributed by atoms with Crippen molar-refractivity contribution in [3.05, 3.63) is 53.6 Å². The number of nitrogens with one attached hydrogen (secondary N) is 2. The minimum absolute atomic E-state index is 0.0836. The first kappa shape index (κ1) is 19.6. The van der Waals surface area contributed by atoms with Gasteiger partial charge in [0, 0.05) is 6.54 Å². The van der Waals surface area contributed by atoms with Gasteiger partial charge in [-0.25, -0.2) is 4.79 Å². The maximum atomic E-state index is 12.6. The van der Waals surface area contributed by atoms with Crippen LogP contribution in [0.3, 0.4) is 0 Å². The minimum Gasteiger partial charge on any atom is -0.508 e. The number of hydrogen-bond acceptors (Lipinski definition) is 6. The zero-order valence-corrected chi connectivity index (χ0v) is 16.1. The summed E-state index contributed by atoms with van der Waals surface area (Å²) in [4.78, 5) is 38.1. The first-order valence-electron chi connectivity index (χ1n) is 9.54. The summed E-state index contributed by atoms with van der Waals surface area (Å²) < 4.78 is 10.6. The number of carbonyl (C=O) groups is 3. The maximum absolute atomic E-state index is 12.6. The van der Waals surface area contributed by atoms with Crippen LogP contribution in [0.25, 0.3) is 0 Å². The molecule has 0 spiro atoms. The van der Waals surface area contributed by atoms with Gasteiger partial charge in [0.25, 0.3) is 5.91 Å². The van der Waals surface area contributed by atoms with E-state index < -0.39 is 18.0 Å². The Morgan fingerprint density at radius 2 is 1.83 bits per heavy atom. The molecule has 9 heteroatoms. The van der Waals surface area contributed by atoms with Gasteiger partial charge in [0.2, 0.25) is 12.7 Å². The summed E-state index contributed by atoms with van der Waals surface area (Å²) in [6, 6.07) is 10.5. The number of ether oxygens (including phenoxy) is 2. The van der Waals surface area contributed by atoms with Gasteiger partial charge in [-0.3, -0.25) is 14.5 Å². The number of amides is 4. The van der Waals surface area contributed by atoms with E-state index in [1.807, 2.05) is 0 Å². The lowest BCUT2D eigenvalue weighted by atomic mass is 10.1. The number of urea groups is 1. The van der Waals surface area contributed by atoms with E-state index >= 15 is 0 Å². The Kier molecular flexibility index (Phi) is 5.42. The number of phenols is 1. The smallest absolute Gasteiger partial charge is 0.325 e. The van der Waals surface area contributed by atoms with Crippen molar-refractivity contribution in [3.8, 4) is 17.2 Å². The van der Waals surface area contributed by atoms with Gasteiger partial charge in [-0.15, -0.1) is 0 Å². The number of hydrogen-bond donors (Lipinski definition) is 3. The first-order chi connectivity index (χ1) is 14.5. The van der Waals surface area contributed by atoms with Crippen LogP contribution in [0.15, 0.2) is 42.5 Å². The zero-order chi connectivity index (χ0) is 21.1. The van der Waals surface area contributed by atoms with Gasteiger partial charge in [0.05, 0.1) is 13.0 Å². The van der Waals surface area contributed by atoms with Crippen molar-refractivity contribution in [2.24, 2.45) is 0 Å². The topological polar surface area (TPSA) is 117 Å². The molecule has 2 heterocycles. The molecule has 0 bridgehead atoms. The van der Waals surface area contributed by atoms with E-state index in [1.54, 1.807) is 42.5 Å². The van der Waals surface area contributed by atoms with Crippen molar-refractivity contribution in [2.75, 3.05) is 13.3 Å². The molecule has 1 saturated heterocycles. The second-order valence-electron chi connectivity index (χ2n) is 7.08. The predicted molar refractivity (Wildman–Crippen MR) is 105 cm³/mol. The van der Waals surface area contributed by atoms with Crippen LogP contribution in [0.1, 0.15) is 17.5 Å². The molecule has 2 aliphatic rings. The third-order valence-electron chi connectivity index (χ3n) is 4.95. The van der Waals surface area contributed by atoms with Gasteiger partial charge in [-0.05, 0) is 41.8 Å². The molecule has 30 heavy (non-hydrogen) atoms. The van der Waals surface area contributed by atoms with Crippen LogP contribution in [0.4, 0.5) is 4.79 Å². The highest BCUT2D eigenvalue weighted by atomic mass is 16.7. The molecule has 9 nitrogen and oxygen atoms in total. The van der Waals surface area contributed by atoms with Crippen LogP contribution in [-0.2, 0) is 22.6 Å². The highest BCUT2D eigenvalue weighted by molar-refractivity contribution is 6.05. The number of fused-ring (bicyclic) bond motifs is 1. The molecule has 0 aromatic heterocycles. The lowest BCUT2D eigenvalue weighted by molar-refractivity contribution is -0.131. The van der Waals surface area contributed by atoms with E-state index in [2.05, 4.69) is 10.6 Å². The van der Waals surface area contributed by atoms with Crippen LogP contribution >= 0.6 is 0 Å². The van der Waals surface area contributed by atoms with E-state index in [4.69, 9.17) is 9.47 Å². The third kappa shape index (κ3) is 4.29. The summed E-state index contributed by atoms with van der Waals surface area (Å²) in [5, 5.41) is 14.6. The highest BCUT2D eigenvalue weighted by Crippen LogP contribution is 2.33. The Hall–Kier alpha value is -3.75. The van der Waals surface area contributed by atoms with Crippen LogP contribution in [0.5, 0.6) is 17.2 Å². The Bertz CT molecular complexity index is 975. The zero-order valence-electron chi connectivity index (χ0n) is 16.1. The summed E-state index contributed by atoms with van der Waals surface area (Å²) in [5.74, 6) is 0.620. The number of phenolic OH excluding ortho intramolecular Hbond substituents is 1. The van der Waals surface area contributed by atoms with Gasteiger partial charge in [0.1, 0.15) is 11.8 Å². The number of aromatic hydroxyl groups is 1. The Labute approximate surface area is 172 Å². The van der Waals surface area contributed by atoms with Gasteiger partial charge in [-0.1, -0.05) is 18.2 Å². The molecule has 156 valence electrons. The monoisotopic (exact) mass is 411 g/mol. The van der Waals surface area contributed by atoms with Crippen LogP contribution < -0.4 is 20.1 Å². The second kappa shape index (κ2) is 8.32. The molecule has 1 unspecified atom stereocenters. The lowest BCUT2D eigenvalue weighted by Gasteiger charge is -2.13. The predicted octanol–water partition coefficient (Wildman–Crippen LogP) is 1.29. The largest absolute Gasteiger partial charge is 0.508 e. The van der Waals surface area contributed by atoms with Gasteiger partial charge in [-0.2, -0.15) is 0 Å². The quantitative estimate of drug-likeness (QED) is 0.591. The lowest BCUT2D eigenvalue weighted by Crippen LogP contribution is -2.37. The Balaban J connectivity index is 1.28. The molecule has 0 radical (unpaired) electrons. The fourth-order valence-electron chi connectivity index (χ4n) is 3.35. The Morgan fingerprint density at radius 3 is 2.63 bits per heavy atom. The summed E-state index contributed by atoms with van der Waals surface area (Å²) >= 11 is 0. The standard InChI is InChI=1S/C21H21N3O6/c25-15-4-1-13(2-5-15)7-8-22-19(26)10-16-20(27)24(21(28)23-16)11-14-3-6-17-18(9-14)30-12-29-17/h1-6,9,16,25H,7-8,10-12H2,(H,22,26)(H,23,28). The fraction of sp³-hybridized carbons (Fsp3) is 0.286. The maximum Gasteiger partial charge on any atom is 0.325 e. The summed E-state index contributed by atoms with van der Waals surface area (Å²) in [5.41, 5.74) is 1.69. The summed E-state index contributed by atoms with van der Waals surface area (Å²) in [6.45, 7) is 0.617. The van der Waals surface area contributed by atoms with E-state index in [0.29, 0.717) is 24.5 Å². The Morgan fingerprint density at radius 1 is 1.10 bits per heavy atom. The molecule has 0 saturated carbocycles. The third-order valence-corrected chi connectivity index (χ3v) is 4.95. The van der Waals surface area contributed by atoms with E-state index in [-0.39, 0.29) is 31.4 Å². The average Bonchev–Trinajstić information content (AvgIpc) is 3.29. The van der Waals surface area contributed by atoms with E-state index in [1.165, 1.54) is 0 Å². The molecule has 0 aliphatic carbocycles. The number of rotatable bonds is 7. The molecule has 2 aromatic rings. The minimum atomic E-state index is -0.889. The van der Waals surface area contributed by atoms with Crippen LogP contribution in [-0.4, -0.2) is 47.2 Å². The van der Waals surface area contributed by atoms with Crippen LogP contribution in [0, 0.1) is 0 Å². The van der Waals surface area contributed by atoms with Crippen molar-refractivity contribution in [2.45, 2.75) is 25.4 Å². The van der Waals surface area contributed by atoms with Gasteiger partial charge in [0.15, 0.2) is 11.5 Å². The SMILES string of the molecule is O=C(CC1NC(=O)N(Cc2ccc3c(c2)OCO3)C1=O)NCCc1ccc(O)cc1. The molecule has 1 fully saturated rings. The van der Waals surface area contributed by atoms with Crippen molar-refractivity contribution >= 4 is 17.8 Å².